The second-order valence-electron chi connectivity index (χ2n) is 4.11. The van der Waals surface area contributed by atoms with E-state index in [1.807, 2.05) is 6.92 Å². The molecule has 1 aliphatic carbocycles. The van der Waals surface area contributed by atoms with E-state index in [1.54, 1.807) is 7.05 Å². The molecule has 0 aromatic heterocycles. The van der Waals surface area contributed by atoms with E-state index in [0.29, 0.717) is 0 Å². The van der Waals surface area contributed by atoms with Crippen LogP contribution in [0.4, 0.5) is 4.79 Å². The maximum absolute atomic E-state index is 11.4. The SMILES string of the molecule is CC(CO)N(C)C(=O)NCCC1CC1. The van der Waals surface area contributed by atoms with E-state index in [2.05, 4.69) is 5.32 Å². The molecule has 4 heteroatoms. The van der Waals surface area contributed by atoms with Crippen molar-refractivity contribution in [3.05, 3.63) is 0 Å². The highest BCUT2D eigenvalue weighted by Gasteiger charge is 2.21. The molecule has 0 saturated heterocycles. The highest BCUT2D eigenvalue weighted by Crippen LogP contribution is 2.31. The number of hydrogen-bond acceptors (Lipinski definition) is 2. The van der Waals surface area contributed by atoms with Crippen LogP contribution in [0.15, 0.2) is 0 Å². The summed E-state index contributed by atoms with van der Waals surface area (Å²) >= 11 is 0. The van der Waals surface area contributed by atoms with Gasteiger partial charge in [-0.1, -0.05) is 12.8 Å². The van der Waals surface area contributed by atoms with Crippen molar-refractivity contribution in [2.24, 2.45) is 5.92 Å². The van der Waals surface area contributed by atoms with Crippen LogP contribution in [0.3, 0.4) is 0 Å². The van der Waals surface area contributed by atoms with Crippen molar-refractivity contribution < 1.29 is 9.90 Å². The van der Waals surface area contributed by atoms with Crippen LogP contribution in [0.2, 0.25) is 0 Å². The minimum absolute atomic E-state index is 0.00649. The number of aliphatic hydroxyl groups is 1. The molecular formula is C10H20N2O2. The van der Waals surface area contributed by atoms with Gasteiger partial charge < -0.3 is 15.3 Å². The Balaban J connectivity index is 2.11. The zero-order chi connectivity index (χ0) is 10.6. The molecule has 0 aromatic carbocycles. The van der Waals surface area contributed by atoms with Crippen LogP contribution in [0.1, 0.15) is 26.2 Å². The van der Waals surface area contributed by atoms with E-state index in [-0.39, 0.29) is 18.7 Å². The normalized spacial score (nSPS) is 17.6. The van der Waals surface area contributed by atoms with E-state index in [0.717, 1.165) is 18.9 Å². The summed E-state index contributed by atoms with van der Waals surface area (Å²) in [6.07, 6.45) is 3.73. The van der Waals surface area contributed by atoms with Crippen molar-refractivity contribution in [3.8, 4) is 0 Å². The number of amides is 2. The topological polar surface area (TPSA) is 52.6 Å². The Morgan fingerprint density at radius 1 is 1.64 bits per heavy atom. The zero-order valence-corrected chi connectivity index (χ0v) is 8.99. The van der Waals surface area contributed by atoms with E-state index in [1.165, 1.54) is 17.7 Å². The van der Waals surface area contributed by atoms with Gasteiger partial charge >= 0.3 is 6.03 Å². The van der Waals surface area contributed by atoms with Crippen LogP contribution < -0.4 is 5.32 Å². The maximum atomic E-state index is 11.4. The maximum Gasteiger partial charge on any atom is 0.317 e. The summed E-state index contributed by atoms with van der Waals surface area (Å²) in [6.45, 7) is 2.58. The molecule has 1 fully saturated rings. The van der Waals surface area contributed by atoms with Gasteiger partial charge in [0.05, 0.1) is 12.6 Å². The summed E-state index contributed by atoms with van der Waals surface area (Å²) < 4.78 is 0. The smallest absolute Gasteiger partial charge is 0.317 e. The second kappa shape index (κ2) is 5.20. The van der Waals surface area contributed by atoms with Crippen LogP contribution >= 0.6 is 0 Å². The lowest BCUT2D eigenvalue weighted by atomic mass is 10.3. The van der Waals surface area contributed by atoms with Crippen molar-refractivity contribution in [1.29, 1.82) is 0 Å². The van der Waals surface area contributed by atoms with Crippen LogP contribution in [0, 0.1) is 5.92 Å². The van der Waals surface area contributed by atoms with E-state index >= 15 is 0 Å². The summed E-state index contributed by atoms with van der Waals surface area (Å²) in [4.78, 5) is 13.0. The molecule has 0 bridgehead atoms. The lowest BCUT2D eigenvalue weighted by Gasteiger charge is -2.23. The molecule has 0 spiro atoms. The van der Waals surface area contributed by atoms with Crippen LogP contribution in [-0.2, 0) is 0 Å². The van der Waals surface area contributed by atoms with Gasteiger partial charge in [0.15, 0.2) is 0 Å². The lowest BCUT2D eigenvalue weighted by Crippen LogP contribution is -2.44. The predicted molar refractivity (Wildman–Crippen MR) is 55.1 cm³/mol. The number of carbonyl (C=O) groups excluding carboxylic acids is 1. The average Bonchev–Trinajstić information content (AvgIpc) is 2.99. The van der Waals surface area contributed by atoms with Gasteiger partial charge in [-0.3, -0.25) is 0 Å². The van der Waals surface area contributed by atoms with Crippen LogP contribution in [0.5, 0.6) is 0 Å². The highest BCUT2D eigenvalue weighted by molar-refractivity contribution is 5.74. The van der Waals surface area contributed by atoms with E-state index in [9.17, 15) is 4.79 Å². The Morgan fingerprint density at radius 2 is 2.29 bits per heavy atom. The molecule has 0 radical (unpaired) electrons. The highest BCUT2D eigenvalue weighted by atomic mass is 16.3. The minimum atomic E-state index is -0.115. The third kappa shape index (κ3) is 3.54. The molecule has 2 amide bonds. The molecule has 2 N–H and O–H groups in total. The van der Waals surface area contributed by atoms with E-state index in [4.69, 9.17) is 5.11 Å². The third-order valence-electron chi connectivity index (χ3n) is 2.77. The molecule has 4 nitrogen and oxygen atoms in total. The largest absolute Gasteiger partial charge is 0.394 e. The number of nitrogens with zero attached hydrogens (tertiary/aromatic N) is 1. The van der Waals surface area contributed by atoms with Gasteiger partial charge in [0.25, 0.3) is 0 Å². The average molecular weight is 200 g/mol. The fourth-order valence-corrected chi connectivity index (χ4v) is 1.24. The van der Waals surface area contributed by atoms with Gasteiger partial charge in [0.1, 0.15) is 0 Å². The summed E-state index contributed by atoms with van der Waals surface area (Å²) in [5, 5.41) is 11.7. The molecule has 1 rings (SSSR count). The molecule has 0 aromatic rings. The predicted octanol–water partition coefficient (Wildman–Crippen LogP) is 0.809. The fourth-order valence-electron chi connectivity index (χ4n) is 1.24. The van der Waals surface area contributed by atoms with E-state index < -0.39 is 0 Å². The van der Waals surface area contributed by atoms with Gasteiger partial charge in [0.2, 0.25) is 0 Å². The summed E-state index contributed by atoms with van der Waals surface area (Å²) in [5.41, 5.74) is 0. The first kappa shape index (κ1) is 11.3. The van der Waals surface area contributed by atoms with Gasteiger partial charge in [-0.25, -0.2) is 4.79 Å². The molecule has 1 aliphatic rings. The molecule has 1 unspecified atom stereocenters. The molecule has 1 atom stereocenters. The second-order valence-corrected chi connectivity index (χ2v) is 4.11. The Bertz CT molecular complexity index is 193. The molecule has 14 heavy (non-hydrogen) atoms. The van der Waals surface area contributed by atoms with Crippen LogP contribution in [0.25, 0.3) is 0 Å². The summed E-state index contributed by atoms with van der Waals surface area (Å²) in [7, 11) is 1.70. The quantitative estimate of drug-likeness (QED) is 0.690. The van der Waals surface area contributed by atoms with Gasteiger partial charge in [-0.05, 0) is 19.3 Å². The third-order valence-corrected chi connectivity index (χ3v) is 2.77. The molecule has 82 valence electrons. The van der Waals surface area contributed by atoms with Crippen molar-refractivity contribution in [3.63, 3.8) is 0 Å². The molecular weight excluding hydrogens is 180 g/mol. The summed E-state index contributed by atoms with van der Waals surface area (Å²) in [5.74, 6) is 0.843. The monoisotopic (exact) mass is 200 g/mol. The van der Waals surface area contributed by atoms with Crippen LogP contribution in [-0.4, -0.2) is 42.3 Å². The van der Waals surface area contributed by atoms with Crippen molar-refractivity contribution in [2.45, 2.75) is 32.2 Å². The Kier molecular flexibility index (Phi) is 4.20. The van der Waals surface area contributed by atoms with Crippen molar-refractivity contribution in [2.75, 3.05) is 20.2 Å². The Morgan fingerprint density at radius 3 is 2.79 bits per heavy atom. The molecule has 0 heterocycles. The molecule has 1 saturated carbocycles. The number of aliphatic hydroxyl groups excluding tert-OH is 1. The Hall–Kier alpha value is -0.770. The zero-order valence-electron chi connectivity index (χ0n) is 8.99. The Labute approximate surface area is 85.3 Å². The van der Waals surface area contributed by atoms with Gasteiger partial charge in [0, 0.05) is 13.6 Å². The first-order valence-corrected chi connectivity index (χ1v) is 5.26. The van der Waals surface area contributed by atoms with Gasteiger partial charge in [-0.2, -0.15) is 0 Å². The number of hydrogen-bond donors (Lipinski definition) is 2. The van der Waals surface area contributed by atoms with Gasteiger partial charge in [-0.15, -0.1) is 0 Å². The van der Waals surface area contributed by atoms with Crippen molar-refractivity contribution in [1.82, 2.24) is 10.2 Å². The van der Waals surface area contributed by atoms with Crippen molar-refractivity contribution >= 4 is 6.03 Å². The summed E-state index contributed by atoms with van der Waals surface area (Å²) in [6, 6.07) is -0.205. The minimum Gasteiger partial charge on any atom is -0.394 e. The number of urea groups is 1. The first-order chi connectivity index (χ1) is 6.65. The first-order valence-electron chi connectivity index (χ1n) is 5.26. The fraction of sp³-hybridized carbons (Fsp3) is 0.900. The number of likely N-dealkylation sites (N-methyl/N-ethyl adjacent to an activating group) is 1. The lowest BCUT2D eigenvalue weighted by molar-refractivity contribution is 0.157. The number of rotatable bonds is 5. The molecule has 0 aliphatic heterocycles. The number of nitrogens with one attached hydrogen (secondary N) is 1. The standard InChI is InChI=1S/C10H20N2O2/c1-8(7-13)12(2)10(14)11-6-5-9-3-4-9/h8-9,13H,3-7H2,1-2H3,(H,11,14). The number of carbonyl (C=O) groups is 1.